The predicted octanol–water partition coefficient (Wildman–Crippen LogP) is 12.4. The summed E-state index contributed by atoms with van der Waals surface area (Å²) in [7, 11) is 0. The molecule has 2 rings (SSSR count). The first-order chi connectivity index (χ1) is 42.2. The molecule has 496 valence electrons. The minimum absolute atomic E-state index is 0.0819. The molecule has 0 saturated carbocycles. The molecule has 16 heteroatoms. The molecular weight excluding hydrogens is 1110 g/mol. The summed E-state index contributed by atoms with van der Waals surface area (Å²) >= 11 is 0. The number of allylic oxidation sites excluding steroid dienone is 19. The van der Waals surface area contributed by atoms with Crippen LogP contribution in [0.5, 0.6) is 0 Å². The molecule has 0 bridgehead atoms. The van der Waals surface area contributed by atoms with Gasteiger partial charge in [0, 0.05) is 64.1 Å². The summed E-state index contributed by atoms with van der Waals surface area (Å²) in [5, 5.41) is 8.88. The van der Waals surface area contributed by atoms with Gasteiger partial charge in [-0.2, -0.15) is 0 Å². The van der Waals surface area contributed by atoms with E-state index in [2.05, 4.69) is 102 Å². The van der Waals surface area contributed by atoms with Gasteiger partial charge in [-0.15, -0.1) is 0 Å². The van der Waals surface area contributed by atoms with E-state index in [4.69, 9.17) is 37.9 Å². The fourth-order valence-corrected chi connectivity index (χ4v) is 10.2. The minimum atomic E-state index is -0.517. The zero-order valence-electron chi connectivity index (χ0n) is 56.1. The maximum Gasteiger partial charge on any atom is 0.244 e. The van der Waals surface area contributed by atoms with Crippen molar-refractivity contribution in [3.63, 3.8) is 0 Å². The number of hydrogen-bond acceptors (Lipinski definition) is 13. The zero-order valence-corrected chi connectivity index (χ0v) is 56.1. The molecule has 16 nitrogen and oxygen atoms in total. The standard InChI is InChI=1S/C72H115N3O13/c1-57(27-29-66-61(5)24-16-33-71(66,8)9)20-14-22-59(3)54-65(77)56-64(26-12-13-35-74-69(79)55-60(4)23-15-21-58(2)28-30-67-62(6)25-17-34-72(67,10)11)70(80)75-37-19-39-82-43-47-85-46-42-81-38-18-36-73-68(78)32-41-84-45-49-87-51-53-88-52-50-86-48-44-83-40-31-63(7)76/h14-15,20-23,27-30,54-55,64H,12-13,16-19,24-26,31-53,56H2,1-11H3,(H,73,78)(H,74,79)(H,75,80)/b22-14+,23-15+,29-27+,30-28+,57-20+,58-21+,59-54+,60-55+/t64-/m1/s1. The molecule has 2 aliphatic carbocycles. The summed E-state index contributed by atoms with van der Waals surface area (Å²) in [4.78, 5) is 62.8. The Morgan fingerprint density at radius 3 is 1.33 bits per heavy atom. The molecule has 0 aromatic carbocycles. The Morgan fingerprint density at radius 1 is 0.466 bits per heavy atom. The molecule has 0 fully saturated rings. The second-order valence-corrected chi connectivity index (χ2v) is 24.4. The number of rotatable bonds is 50. The SMILES string of the molecule is CC(=O)CCOCCOCCOCCOCCOCCC(=O)NCCCOCCOCCOCCCNC(=O)[C@H](CCCCNC(=O)/C=C(C)/C=C/C=C(C)/C=C/C1=C(C)CCCC1(C)C)CC(=O)/C=C(C)/C=C/C=C(C)/C=C/C1=C(C)CCCC1(C)C. The number of hydrogen-bond donors (Lipinski definition) is 3. The van der Waals surface area contributed by atoms with Gasteiger partial charge in [-0.1, -0.05) is 117 Å². The lowest BCUT2D eigenvalue weighted by atomic mass is 9.72. The number of ketones is 2. The van der Waals surface area contributed by atoms with Crippen molar-refractivity contribution in [3.05, 3.63) is 117 Å². The van der Waals surface area contributed by atoms with Crippen LogP contribution in [0.4, 0.5) is 0 Å². The van der Waals surface area contributed by atoms with Crippen LogP contribution in [0, 0.1) is 16.7 Å². The summed E-state index contributed by atoms with van der Waals surface area (Å²) < 4.78 is 44.1. The molecule has 0 aliphatic heterocycles. The predicted molar refractivity (Wildman–Crippen MR) is 354 cm³/mol. The molecule has 88 heavy (non-hydrogen) atoms. The van der Waals surface area contributed by atoms with Crippen molar-refractivity contribution in [2.75, 3.05) is 125 Å². The number of ether oxygens (including phenoxy) is 8. The van der Waals surface area contributed by atoms with E-state index in [0.29, 0.717) is 164 Å². The van der Waals surface area contributed by atoms with E-state index in [-0.39, 0.29) is 53.0 Å². The fraction of sp³-hybridized carbons (Fsp3) is 0.653. The van der Waals surface area contributed by atoms with Crippen LogP contribution in [0.25, 0.3) is 0 Å². The van der Waals surface area contributed by atoms with Gasteiger partial charge in [-0.05, 0) is 152 Å². The van der Waals surface area contributed by atoms with Crippen LogP contribution in [0.3, 0.4) is 0 Å². The lowest BCUT2D eigenvalue weighted by Gasteiger charge is -2.33. The number of amides is 3. The number of Topliss-reactive ketones (excluding diaryl/α,β-unsaturated/α-hetero) is 1. The van der Waals surface area contributed by atoms with E-state index < -0.39 is 5.92 Å². The number of carbonyl (C=O) groups is 5. The van der Waals surface area contributed by atoms with Gasteiger partial charge in [0.25, 0.3) is 0 Å². The molecule has 1 atom stereocenters. The van der Waals surface area contributed by atoms with E-state index in [1.54, 1.807) is 12.2 Å². The third kappa shape index (κ3) is 40.5. The topological polar surface area (TPSA) is 195 Å². The van der Waals surface area contributed by atoms with Crippen molar-refractivity contribution in [1.29, 1.82) is 0 Å². The van der Waals surface area contributed by atoms with Crippen LogP contribution in [-0.2, 0) is 61.9 Å². The number of nitrogens with one attached hydrogen (secondary N) is 3. The van der Waals surface area contributed by atoms with Gasteiger partial charge in [0.1, 0.15) is 5.78 Å². The molecule has 2 aliphatic rings. The summed E-state index contributed by atoms with van der Waals surface area (Å²) in [6, 6.07) is 0. The minimum Gasteiger partial charge on any atom is -0.379 e. The second kappa shape index (κ2) is 48.7. The maximum absolute atomic E-state index is 13.6. The third-order valence-corrected chi connectivity index (χ3v) is 15.2. The van der Waals surface area contributed by atoms with Gasteiger partial charge < -0.3 is 53.8 Å². The van der Waals surface area contributed by atoms with Gasteiger partial charge in [0.05, 0.1) is 92.5 Å². The van der Waals surface area contributed by atoms with E-state index in [0.717, 1.165) is 35.1 Å². The molecular formula is C72H115N3O13. The monoisotopic (exact) mass is 1230 g/mol. The highest BCUT2D eigenvalue weighted by Gasteiger charge is 2.28. The van der Waals surface area contributed by atoms with Crippen LogP contribution in [0.2, 0.25) is 0 Å². The third-order valence-electron chi connectivity index (χ3n) is 15.2. The van der Waals surface area contributed by atoms with Crippen molar-refractivity contribution in [2.24, 2.45) is 16.7 Å². The normalized spacial score (nSPS) is 16.4. The molecule has 0 aromatic rings. The molecule has 0 saturated heterocycles. The quantitative estimate of drug-likeness (QED) is 0.0296. The molecule has 0 aromatic heterocycles. The van der Waals surface area contributed by atoms with Crippen LogP contribution >= 0.6 is 0 Å². The molecule has 0 radical (unpaired) electrons. The zero-order chi connectivity index (χ0) is 64.7. The second-order valence-electron chi connectivity index (χ2n) is 24.4. The Balaban J connectivity index is 1.68. The Bertz CT molecular complexity index is 2380. The Labute approximate surface area is 530 Å². The highest BCUT2D eigenvalue weighted by molar-refractivity contribution is 5.94. The van der Waals surface area contributed by atoms with Crippen LogP contribution in [0.1, 0.15) is 166 Å². The molecule has 0 spiro atoms. The first kappa shape index (κ1) is 78.9. The fourth-order valence-electron chi connectivity index (χ4n) is 10.2. The number of unbranched alkanes of at least 4 members (excludes halogenated alkanes) is 1. The van der Waals surface area contributed by atoms with Gasteiger partial charge in [0.2, 0.25) is 17.7 Å². The average Bonchev–Trinajstić information content (AvgIpc) is 2.64. The lowest BCUT2D eigenvalue weighted by Crippen LogP contribution is -2.33. The average molecular weight is 1230 g/mol. The van der Waals surface area contributed by atoms with Crippen LogP contribution < -0.4 is 16.0 Å². The summed E-state index contributed by atoms with van der Waals surface area (Å²) in [6.07, 6.45) is 35.0. The van der Waals surface area contributed by atoms with Crippen LogP contribution in [0.15, 0.2) is 117 Å². The molecule has 3 amide bonds. The Morgan fingerprint density at radius 2 is 0.875 bits per heavy atom. The van der Waals surface area contributed by atoms with Gasteiger partial charge in [0.15, 0.2) is 5.78 Å². The van der Waals surface area contributed by atoms with E-state index in [9.17, 15) is 24.0 Å². The largest absolute Gasteiger partial charge is 0.379 e. The molecule has 3 N–H and O–H groups in total. The highest BCUT2D eigenvalue weighted by atomic mass is 16.6. The molecule has 0 unspecified atom stereocenters. The van der Waals surface area contributed by atoms with Crippen molar-refractivity contribution < 1.29 is 61.9 Å². The Hall–Kier alpha value is -5.17. The first-order valence-corrected chi connectivity index (χ1v) is 32.5. The summed E-state index contributed by atoms with van der Waals surface area (Å²) in [5.41, 5.74) is 10.1. The van der Waals surface area contributed by atoms with Gasteiger partial charge >= 0.3 is 0 Å². The summed E-state index contributed by atoms with van der Waals surface area (Å²) in [5.74, 6) is -0.931. The highest BCUT2D eigenvalue weighted by Crippen LogP contribution is 2.42. The van der Waals surface area contributed by atoms with Crippen LogP contribution in [-0.4, -0.2) is 155 Å². The number of carbonyl (C=O) groups excluding carboxylic acids is 5. The van der Waals surface area contributed by atoms with Crippen molar-refractivity contribution in [2.45, 2.75) is 166 Å². The maximum atomic E-state index is 13.6. The van der Waals surface area contributed by atoms with Gasteiger partial charge in [-0.3, -0.25) is 24.0 Å². The van der Waals surface area contributed by atoms with Crippen molar-refractivity contribution in [3.8, 4) is 0 Å². The Kier molecular flexibility index (Phi) is 43.6. The summed E-state index contributed by atoms with van der Waals surface area (Å²) in [6.45, 7) is 31.5. The van der Waals surface area contributed by atoms with Crippen molar-refractivity contribution in [1.82, 2.24) is 16.0 Å². The first-order valence-electron chi connectivity index (χ1n) is 32.5. The van der Waals surface area contributed by atoms with Gasteiger partial charge in [-0.25, -0.2) is 0 Å². The van der Waals surface area contributed by atoms with Crippen molar-refractivity contribution >= 4 is 29.3 Å². The van der Waals surface area contributed by atoms with E-state index >= 15 is 0 Å². The molecule has 0 heterocycles. The van der Waals surface area contributed by atoms with E-state index in [1.807, 2.05) is 44.2 Å². The lowest BCUT2D eigenvalue weighted by molar-refractivity contribution is -0.128. The van der Waals surface area contributed by atoms with E-state index in [1.165, 1.54) is 54.9 Å². The smallest absolute Gasteiger partial charge is 0.244 e.